The number of amides is 1. The predicted molar refractivity (Wildman–Crippen MR) is 150 cm³/mol. The first kappa shape index (κ1) is 32.4. The van der Waals surface area contributed by atoms with Crippen LogP contribution < -0.4 is 10.5 Å². The van der Waals surface area contributed by atoms with Crippen LogP contribution in [0.2, 0.25) is 0 Å². The lowest BCUT2D eigenvalue weighted by atomic mass is 9.81. The molecule has 1 heterocycles. The summed E-state index contributed by atoms with van der Waals surface area (Å²) < 4.78 is 22.8. The van der Waals surface area contributed by atoms with Crippen LogP contribution in [0.25, 0.3) is 0 Å². The zero-order valence-electron chi connectivity index (χ0n) is 25.4. The van der Waals surface area contributed by atoms with Gasteiger partial charge in [0, 0.05) is 18.4 Å². The Morgan fingerprint density at radius 1 is 0.923 bits per heavy atom. The largest absolute Gasteiger partial charge is 0.496 e. The Morgan fingerprint density at radius 3 is 2.03 bits per heavy atom. The third-order valence-corrected chi connectivity index (χ3v) is 6.11. The molecule has 0 spiro atoms. The van der Waals surface area contributed by atoms with Crippen molar-refractivity contribution in [1.82, 2.24) is 4.90 Å². The topological polar surface area (TPSA) is 117 Å². The number of likely N-dealkylation sites (tertiary alicyclic amines) is 1. The lowest BCUT2D eigenvalue weighted by Gasteiger charge is -2.31. The molecule has 0 unspecified atom stereocenters. The van der Waals surface area contributed by atoms with Crippen LogP contribution in [0.5, 0.6) is 5.75 Å². The van der Waals surface area contributed by atoms with E-state index >= 15 is 0 Å². The fourth-order valence-corrected chi connectivity index (χ4v) is 4.78. The van der Waals surface area contributed by atoms with Crippen LogP contribution in [0.15, 0.2) is 18.2 Å². The van der Waals surface area contributed by atoms with Gasteiger partial charge in [-0.25, -0.2) is 9.59 Å². The maximum atomic E-state index is 13.7. The van der Waals surface area contributed by atoms with Crippen LogP contribution in [0.4, 0.5) is 4.79 Å². The first-order valence-electron chi connectivity index (χ1n) is 13.7. The summed E-state index contributed by atoms with van der Waals surface area (Å²) in [6.07, 6.45) is 0.833. The van der Waals surface area contributed by atoms with Crippen molar-refractivity contribution in [3.05, 3.63) is 29.3 Å². The van der Waals surface area contributed by atoms with Gasteiger partial charge in [-0.1, -0.05) is 12.1 Å². The minimum Gasteiger partial charge on any atom is -0.496 e. The van der Waals surface area contributed by atoms with Gasteiger partial charge >= 0.3 is 18.0 Å². The van der Waals surface area contributed by atoms with E-state index in [2.05, 4.69) is 0 Å². The van der Waals surface area contributed by atoms with E-state index in [4.69, 9.17) is 24.7 Å². The predicted octanol–water partition coefficient (Wildman–Crippen LogP) is 4.98. The zero-order valence-corrected chi connectivity index (χ0v) is 25.4. The van der Waals surface area contributed by atoms with Crippen LogP contribution in [-0.4, -0.2) is 66.0 Å². The molecule has 1 aromatic rings. The molecule has 9 heteroatoms. The standard InChI is InChI=1S/C30H48N2O7/c1-28(2,3)37-24(33)17-21-22(20-16-19(12-11-15-31)13-14-23(20)36-10)18-32(27(35)39-30(7,8)9)25(21)26(34)38-29(4,5)6/h13-14,16,21-22,25H,11-12,15,17-18,31H2,1-10H3/t21-,22+,25-/m0/s1. The van der Waals surface area contributed by atoms with Crippen LogP contribution in [0.1, 0.15) is 92.2 Å². The number of esters is 2. The van der Waals surface area contributed by atoms with Crippen LogP contribution in [0, 0.1) is 5.92 Å². The van der Waals surface area contributed by atoms with Crippen molar-refractivity contribution in [2.24, 2.45) is 11.7 Å². The second-order valence-electron chi connectivity index (χ2n) is 13.1. The van der Waals surface area contributed by atoms with Crippen molar-refractivity contribution in [2.45, 2.75) is 110 Å². The highest BCUT2D eigenvalue weighted by atomic mass is 16.6. The molecule has 1 aliphatic heterocycles. The van der Waals surface area contributed by atoms with E-state index in [0.29, 0.717) is 12.3 Å². The lowest BCUT2D eigenvalue weighted by Crippen LogP contribution is -2.48. The fraction of sp³-hybridized carbons (Fsp3) is 0.700. The molecule has 0 radical (unpaired) electrons. The van der Waals surface area contributed by atoms with E-state index in [9.17, 15) is 14.4 Å². The Morgan fingerprint density at radius 2 is 1.51 bits per heavy atom. The molecule has 1 aromatic carbocycles. The molecule has 2 N–H and O–H groups in total. The maximum Gasteiger partial charge on any atom is 0.411 e. The van der Waals surface area contributed by atoms with Gasteiger partial charge in [-0.3, -0.25) is 9.69 Å². The third kappa shape index (κ3) is 9.71. The van der Waals surface area contributed by atoms with Gasteiger partial charge in [-0.15, -0.1) is 0 Å². The zero-order chi connectivity index (χ0) is 29.8. The second kappa shape index (κ2) is 12.6. The average molecular weight is 549 g/mol. The molecule has 0 aliphatic carbocycles. The van der Waals surface area contributed by atoms with Crippen molar-refractivity contribution in [3.8, 4) is 5.75 Å². The molecule has 9 nitrogen and oxygen atoms in total. The monoisotopic (exact) mass is 548 g/mol. The summed E-state index contributed by atoms with van der Waals surface area (Å²) in [5.74, 6) is -1.51. The van der Waals surface area contributed by atoms with Crippen molar-refractivity contribution >= 4 is 18.0 Å². The summed E-state index contributed by atoms with van der Waals surface area (Å²) in [5, 5.41) is 0. The van der Waals surface area contributed by atoms with Gasteiger partial charge in [0.05, 0.1) is 13.5 Å². The Bertz CT molecular complexity index is 1020. The lowest BCUT2D eigenvalue weighted by molar-refractivity contribution is -0.163. The molecule has 220 valence electrons. The van der Waals surface area contributed by atoms with Gasteiger partial charge in [0.15, 0.2) is 0 Å². The highest BCUT2D eigenvalue weighted by molar-refractivity contribution is 5.84. The maximum absolute atomic E-state index is 13.7. The number of hydrogen-bond donors (Lipinski definition) is 1. The smallest absolute Gasteiger partial charge is 0.411 e. The molecule has 0 aromatic heterocycles. The molecule has 1 saturated heterocycles. The van der Waals surface area contributed by atoms with E-state index < -0.39 is 52.7 Å². The van der Waals surface area contributed by atoms with E-state index in [-0.39, 0.29) is 13.0 Å². The molecule has 1 fully saturated rings. The molecular weight excluding hydrogens is 500 g/mol. The number of ether oxygens (including phenoxy) is 4. The van der Waals surface area contributed by atoms with Gasteiger partial charge in [0.2, 0.25) is 0 Å². The Hall–Kier alpha value is -2.81. The summed E-state index contributed by atoms with van der Waals surface area (Å²) in [4.78, 5) is 41.7. The summed E-state index contributed by atoms with van der Waals surface area (Å²) >= 11 is 0. The quantitative estimate of drug-likeness (QED) is 0.357. The number of benzene rings is 1. The number of hydrogen-bond acceptors (Lipinski definition) is 8. The normalized spacial score (nSPS) is 20.0. The summed E-state index contributed by atoms with van der Waals surface area (Å²) in [6.45, 7) is 16.7. The number of carbonyl (C=O) groups is 3. The van der Waals surface area contributed by atoms with Crippen LogP contribution in [-0.2, 0) is 30.2 Å². The second-order valence-corrected chi connectivity index (χ2v) is 13.1. The average Bonchev–Trinajstić information content (AvgIpc) is 3.13. The molecule has 1 amide bonds. The SMILES string of the molecule is COc1ccc(CCCN)cc1[C@H]1CN(C(=O)OC(C)(C)C)[C@H](C(=O)OC(C)(C)C)[C@H]1CC(=O)OC(C)(C)C. The van der Waals surface area contributed by atoms with E-state index in [0.717, 1.165) is 24.0 Å². The Labute approximate surface area is 233 Å². The van der Waals surface area contributed by atoms with Gasteiger partial charge in [-0.2, -0.15) is 0 Å². The highest BCUT2D eigenvalue weighted by Gasteiger charge is 2.52. The summed E-state index contributed by atoms with van der Waals surface area (Å²) in [6, 6.07) is 4.82. The third-order valence-electron chi connectivity index (χ3n) is 6.11. The number of rotatable bonds is 8. The first-order chi connectivity index (χ1) is 17.8. The molecule has 39 heavy (non-hydrogen) atoms. The molecule has 3 atom stereocenters. The number of nitrogens with two attached hydrogens (primary N) is 1. The number of methoxy groups -OCH3 is 1. The van der Waals surface area contributed by atoms with Gasteiger partial charge < -0.3 is 24.7 Å². The van der Waals surface area contributed by atoms with Gasteiger partial charge in [0.1, 0.15) is 28.6 Å². The first-order valence-corrected chi connectivity index (χ1v) is 13.7. The van der Waals surface area contributed by atoms with Crippen LogP contribution >= 0.6 is 0 Å². The fourth-order valence-electron chi connectivity index (χ4n) is 4.78. The summed E-state index contributed by atoms with van der Waals surface area (Å²) in [7, 11) is 1.58. The molecule has 2 rings (SSSR count). The summed E-state index contributed by atoms with van der Waals surface area (Å²) in [5.41, 5.74) is 5.30. The number of nitrogens with zero attached hydrogens (tertiary/aromatic N) is 1. The molecule has 1 aliphatic rings. The minimum atomic E-state index is -1.06. The van der Waals surface area contributed by atoms with Gasteiger partial charge in [0.25, 0.3) is 0 Å². The van der Waals surface area contributed by atoms with Crippen molar-refractivity contribution in [3.63, 3.8) is 0 Å². The van der Waals surface area contributed by atoms with Gasteiger partial charge in [-0.05, 0) is 98.9 Å². The molecule has 0 bridgehead atoms. The molecule has 0 saturated carbocycles. The number of aryl methyl sites for hydroxylation is 1. The van der Waals surface area contributed by atoms with E-state index in [1.807, 2.05) is 18.2 Å². The van der Waals surface area contributed by atoms with Crippen molar-refractivity contribution in [2.75, 3.05) is 20.2 Å². The van der Waals surface area contributed by atoms with E-state index in [1.54, 1.807) is 69.4 Å². The molecular formula is C30H48N2O7. The van der Waals surface area contributed by atoms with Crippen molar-refractivity contribution < 1.29 is 33.3 Å². The van der Waals surface area contributed by atoms with Crippen LogP contribution in [0.3, 0.4) is 0 Å². The highest BCUT2D eigenvalue weighted by Crippen LogP contribution is 2.44. The van der Waals surface area contributed by atoms with Crippen molar-refractivity contribution in [1.29, 1.82) is 0 Å². The Balaban J connectivity index is 2.67. The van der Waals surface area contributed by atoms with E-state index in [1.165, 1.54) is 4.90 Å². The Kier molecular flexibility index (Phi) is 10.4. The number of carbonyl (C=O) groups excluding carboxylic acids is 3. The minimum absolute atomic E-state index is 0.0959.